The summed E-state index contributed by atoms with van der Waals surface area (Å²) in [7, 11) is 0. The van der Waals surface area contributed by atoms with E-state index in [-0.39, 0.29) is 5.91 Å². The van der Waals surface area contributed by atoms with Crippen molar-refractivity contribution >= 4 is 23.2 Å². The van der Waals surface area contributed by atoms with E-state index >= 15 is 0 Å². The SMILES string of the molecule is Cc1cccc(N2CCN(CC(=O)NCCc3cccc(Cl)c3)CC2)c1. The number of piperazine rings is 1. The minimum Gasteiger partial charge on any atom is -0.369 e. The van der Waals surface area contributed by atoms with Gasteiger partial charge in [-0.25, -0.2) is 0 Å². The second-order valence-corrected chi connectivity index (χ2v) is 7.27. The molecule has 1 aliphatic rings. The summed E-state index contributed by atoms with van der Waals surface area (Å²) in [5.74, 6) is 0.0935. The van der Waals surface area contributed by atoms with Crippen LogP contribution in [0, 0.1) is 6.92 Å². The van der Waals surface area contributed by atoms with Crippen molar-refractivity contribution in [2.24, 2.45) is 0 Å². The molecule has 1 fully saturated rings. The second kappa shape index (κ2) is 9.06. The molecule has 0 saturated carbocycles. The van der Waals surface area contributed by atoms with E-state index in [4.69, 9.17) is 11.6 Å². The number of anilines is 1. The number of nitrogens with zero attached hydrogens (tertiary/aromatic N) is 2. The first-order valence-electron chi connectivity index (χ1n) is 9.15. The predicted molar refractivity (Wildman–Crippen MR) is 108 cm³/mol. The van der Waals surface area contributed by atoms with Gasteiger partial charge in [0.1, 0.15) is 0 Å². The third kappa shape index (κ3) is 5.48. The minimum absolute atomic E-state index is 0.0935. The van der Waals surface area contributed by atoms with Crippen molar-refractivity contribution < 1.29 is 4.79 Å². The number of benzene rings is 2. The van der Waals surface area contributed by atoms with Crippen LogP contribution in [-0.4, -0.2) is 50.1 Å². The molecule has 0 spiro atoms. The van der Waals surface area contributed by atoms with Crippen LogP contribution in [0.5, 0.6) is 0 Å². The van der Waals surface area contributed by atoms with Gasteiger partial charge in [-0.05, 0) is 48.7 Å². The molecule has 0 atom stereocenters. The smallest absolute Gasteiger partial charge is 0.234 e. The number of halogens is 1. The summed E-state index contributed by atoms with van der Waals surface area (Å²) in [6, 6.07) is 16.4. The summed E-state index contributed by atoms with van der Waals surface area (Å²) in [5, 5.41) is 3.75. The topological polar surface area (TPSA) is 35.6 Å². The van der Waals surface area contributed by atoms with Gasteiger partial charge in [0, 0.05) is 43.4 Å². The average Bonchev–Trinajstić information content (AvgIpc) is 2.62. The fraction of sp³-hybridized carbons (Fsp3) is 0.381. The van der Waals surface area contributed by atoms with Crippen molar-refractivity contribution in [3.63, 3.8) is 0 Å². The Hall–Kier alpha value is -2.04. The molecule has 2 aromatic rings. The third-order valence-corrected chi connectivity index (χ3v) is 4.97. The molecule has 26 heavy (non-hydrogen) atoms. The number of carbonyl (C=O) groups is 1. The van der Waals surface area contributed by atoms with Crippen molar-refractivity contribution in [2.45, 2.75) is 13.3 Å². The molecule has 0 radical (unpaired) electrons. The molecule has 5 heteroatoms. The first-order valence-corrected chi connectivity index (χ1v) is 9.53. The molecule has 1 saturated heterocycles. The predicted octanol–water partition coefficient (Wildman–Crippen LogP) is 3.13. The highest BCUT2D eigenvalue weighted by molar-refractivity contribution is 6.30. The lowest BCUT2D eigenvalue weighted by Crippen LogP contribution is -2.49. The third-order valence-electron chi connectivity index (χ3n) is 4.73. The number of hydrogen-bond donors (Lipinski definition) is 1. The van der Waals surface area contributed by atoms with Gasteiger partial charge in [0.05, 0.1) is 6.54 Å². The molecular formula is C21H26ClN3O. The normalized spacial score (nSPS) is 15.1. The second-order valence-electron chi connectivity index (χ2n) is 6.83. The van der Waals surface area contributed by atoms with E-state index in [1.165, 1.54) is 11.3 Å². The Balaban J connectivity index is 1.38. The number of nitrogens with one attached hydrogen (secondary N) is 1. The van der Waals surface area contributed by atoms with Crippen molar-refractivity contribution in [1.29, 1.82) is 0 Å². The van der Waals surface area contributed by atoms with Gasteiger partial charge in [0.25, 0.3) is 0 Å². The fourth-order valence-corrected chi connectivity index (χ4v) is 3.50. The highest BCUT2D eigenvalue weighted by atomic mass is 35.5. The number of hydrogen-bond acceptors (Lipinski definition) is 3. The van der Waals surface area contributed by atoms with Crippen LogP contribution in [0.25, 0.3) is 0 Å². The van der Waals surface area contributed by atoms with Gasteiger partial charge >= 0.3 is 0 Å². The van der Waals surface area contributed by atoms with E-state index in [2.05, 4.69) is 46.3 Å². The monoisotopic (exact) mass is 371 g/mol. The van der Waals surface area contributed by atoms with E-state index < -0.39 is 0 Å². The Kier molecular flexibility index (Phi) is 6.53. The van der Waals surface area contributed by atoms with Crippen LogP contribution in [0.15, 0.2) is 48.5 Å². The maximum absolute atomic E-state index is 12.2. The van der Waals surface area contributed by atoms with Gasteiger partial charge < -0.3 is 10.2 Å². The molecule has 1 amide bonds. The Morgan fingerprint density at radius 1 is 1.08 bits per heavy atom. The first kappa shape index (κ1) is 18.7. The molecule has 3 rings (SSSR count). The minimum atomic E-state index is 0.0935. The van der Waals surface area contributed by atoms with Crippen molar-refractivity contribution in [1.82, 2.24) is 10.2 Å². The van der Waals surface area contributed by atoms with E-state index in [0.717, 1.165) is 43.2 Å². The summed E-state index contributed by atoms with van der Waals surface area (Å²) in [5.41, 5.74) is 3.70. The Morgan fingerprint density at radius 3 is 2.58 bits per heavy atom. The molecule has 2 aromatic carbocycles. The van der Waals surface area contributed by atoms with Gasteiger partial charge in [0.2, 0.25) is 5.91 Å². The zero-order chi connectivity index (χ0) is 18.4. The Bertz CT molecular complexity index is 742. The maximum Gasteiger partial charge on any atom is 0.234 e. The fourth-order valence-electron chi connectivity index (χ4n) is 3.29. The molecule has 1 aliphatic heterocycles. The van der Waals surface area contributed by atoms with Gasteiger partial charge in [-0.1, -0.05) is 35.9 Å². The summed E-state index contributed by atoms with van der Waals surface area (Å²) in [4.78, 5) is 16.8. The standard InChI is InChI=1S/C21H26ClN3O/c1-17-4-2-7-20(14-17)25-12-10-24(11-13-25)16-21(26)23-9-8-18-5-3-6-19(22)15-18/h2-7,14-15H,8-13,16H2,1H3,(H,23,26). The maximum atomic E-state index is 12.2. The lowest BCUT2D eigenvalue weighted by atomic mass is 10.1. The van der Waals surface area contributed by atoms with E-state index in [1.54, 1.807) is 0 Å². The molecule has 0 aliphatic carbocycles. The highest BCUT2D eigenvalue weighted by Crippen LogP contribution is 2.17. The van der Waals surface area contributed by atoms with Crippen LogP contribution in [0.3, 0.4) is 0 Å². The van der Waals surface area contributed by atoms with Crippen LogP contribution >= 0.6 is 11.6 Å². The molecule has 1 N–H and O–H groups in total. The average molecular weight is 372 g/mol. The van der Waals surface area contributed by atoms with Crippen LogP contribution in [0.1, 0.15) is 11.1 Å². The van der Waals surface area contributed by atoms with Crippen molar-refractivity contribution in [3.05, 3.63) is 64.7 Å². The number of aryl methyl sites for hydroxylation is 1. The van der Waals surface area contributed by atoms with Gasteiger partial charge in [-0.3, -0.25) is 9.69 Å². The molecule has 1 heterocycles. The summed E-state index contributed by atoms with van der Waals surface area (Å²) >= 11 is 5.98. The van der Waals surface area contributed by atoms with E-state index in [0.29, 0.717) is 13.1 Å². The van der Waals surface area contributed by atoms with Crippen molar-refractivity contribution in [2.75, 3.05) is 44.2 Å². The zero-order valence-electron chi connectivity index (χ0n) is 15.2. The lowest BCUT2D eigenvalue weighted by Gasteiger charge is -2.35. The summed E-state index contributed by atoms with van der Waals surface area (Å²) in [6.45, 7) is 6.97. The largest absolute Gasteiger partial charge is 0.369 e. The summed E-state index contributed by atoms with van der Waals surface area (Å²) < 4.78 is 0. The Morgan fingerprint density at radius 2 is 1.85 bits per heavy atom. The van der Waals surface area contributed by atoms with Crippen LogP contribution in [0.2, 0.25) is 5.02 Å². The molecular weight excluding hydrogens is 346 g/mol. The number of amides is 1. The van der Waals surface area contributed by atoms with Crippen LogP contribution in [-0.2, 0) is 11.2 Å². The van der Waals surface area contributed by atoms with Gasteiger partial charge in [-0.15, -0.1) is 0 Å². The van der Waals surface area contributed by atoms with Crippen LogP contribution < -0.4 is 10.2 Å². The first-order chi connectivity index (χ1) is 12.6. The quantitative estimate of drug-likeness (QED) is 0.847. The van der Waals surface area contributed by atoms with E-state index in [1.807, 2.05) is 24.3 Å². The summed E-state index contributed by atoms with van der Waals surface area (Å²) in [6.07, 6.45) is 0.799. The number of carbonyl (C=O) groups excluding carboxylic acids is 1. The Labute approximate surface area is 160 Å². The molecule has 0 bridgehead atoms. The molecule has 4 nitrogen and oxygen atoms in total. The highest BCUT2D eigenvalue weighted by Gasteiger charge is 2.19. The molecule has 138 valence electrons. The van der Waals surface area contributed by atoms with Crippen molar-refractivity contribution in [3.8, 4) is 0 Å². The number of rotatable bonds is 6. The van der Waals surface area contributed by atoms with Gasteiger partial charge in [0.15, 0.2) is 0 Å². The van der Waals surface area contributed by atoms with Crippen LogP contribution in [0.4, 0.5) is 5.69 Å². The molecule has 0 unspecified atom stereocenters. The zero-order valence-corrected chi connectivity index (χ0v) is 16.0. The lowest BCUT2D eigenvalue weighted by molar-refractivity contribution is -0.122. The van der Waals surface area contributed by atoms with E-state index in [9.17, 15) is 4.79 Å². The van der Waals surface area contributed by atoms with Gasteiger partial charge in [-0.2, -0.15) is 0 Å². The molecule has 0 aromatic heterocycles.